The van der Waals surface area contributed by atoms with E-state index in [1.54, 1.807) is 10.4 Å². The number of aryl methyl sites for hydroxylation is 1. The van der Waals surface area contributed by atoms with Crippen LogP contribution in [-0.4, -0.2) is 56.7 Å². The van der Waals surface area contributed by atoms with Gasteiger partial charge in [-0.1, -0.05) is 0 Å². The molecule has 1 fully saturated rings. The number of nitrogens with zero attached hydrogens (tertiary/aromatic N) is 2. The van der Waals surface area contributed by atoms with Crippen LogP contribution < -0.4 is 0 Å². The van der Waals surface area contributed by atoms with E-state index >= 15 is 0 Å². The highest BCUT2D eigenvalue weighted by Crippen LogP contribution is 2.30. The molecule has 1 atom stereocenters. The van der Waals surface area contributed by atoms with Crippen LogP contribution in [0, 0.1) is 0 Å². The van der Waals surface area contributed by atoms with Crippen LogP contribution in [0.5, 0.6) is 0 Å². The van der Waals surface area contributed by atoms with Gasteiger partial charge < -0.3 is 4.90 Å². The van der Waals surface area contributed by atoms with Crippen LogP contribution in [-0.2, 0) is 16.4 Å². The number of hydrogen-bond acceptors (Lipinski definition) is 4. The lowest BCUT2D eigenvalue weighted by Gasteiger charge is -2.25. The topological polar surface area (TPSA) is 40.6 Å². The Balaban J connectivity index is 2.19. The maximum absolute atomic E-state index is 12.7. The molecule has 4 nitrogen and oxygen atoms in total. The van der Waals surface area contributed by atoms with Crippen LogP contribution in [0.1, 0.15) is 17.7 Å². The molecule has 1 aliphatic rings. The molecule has 0 N–H and O–H groups in total. The first-order chi connectivity index (χ1) is 9.45. The highest BCUT2D eigenvalue weighted by Gasteiger charge is 2.36. The molecular formula is C13H21ClN2O2S2. The summed E-state index contributed by atoms with van der Waals surface area (Å²) >= 11 is 7.05. The van der Waals surface area contributed by atoms with Crippen molar-refractivity contribution in [2.24, 2.45) is 0 Å². The van der Waals surface area contributed by atoms with Gasteiger partial charge in [0.05, 0.1) is 0 Å². The van der Waals surface area contributed by atoms with Crippen LogP contribution >= 0.6 is 22.9 Å². The first-order valence-electron chi connectivity index (χ1n) is 6.76. The third-order valence-corrected chi connectivity index (χ3v) is 7.19. The summed E-state index contributed by atoms with van der Waals surface area (Å²) in [4.78, 5) is 3.08. The zero-order valence-corrected chi connectivity index (χ0v) is 14.3. The Bertz CT molecular complexity index is 542. The minimum atomic E-state index is -3.35. The zero-order valence-electron chi connectivity index (χ0n) is 11.9. The number of rotatable bonds is 6. The van der Waals surface area contributed by atoms with Crippen molar-refractivity contribution in [3.8, 4) is 0 Å². The summed E-state index contributed by atoms with van der Waals surface area (Å²) in [6.07, 6.45) is 2.61. The Labute approximate surface area is 130 Å². The smallest absolute Gasteiger partial charge is 0.252 e. The maximum Gasteiger partial charge on any atom is 0.252 e. The molecule has 1 unspecified atom stereocenters. The van der Waals surface area contributed by atoms with Crippen LogP contribution in [0.2, 0.25) is 0 Å². The lowest BCUT2D eigenvalue weighted by Crippen LogP contribution is -2.40. The molecule has 0 radical (unpaired) electrons. The Morgan fingerprint density at radius 2 is 2.20 bits per heavy atom. The van der Waals surface area contributed by atoms with Crippen molar-refractivity contribution < 1.29 is 8.42 Å². The predicted octanol–water partition coefficient (Wildman–Crippen LogP) is 2.24. The number of hydrogen-bond donors (Lipinski definition) is 0. The minimum absolute atomic E-state index is 0.0913. The predicted molar refractivity (Wildman–Crippen MR) is 84.2 cm³/mol. The fraction of sp³-hybridized carbons (Fsp3) is 0.692. The van der Waals surface area contributed by atoms with Crippen LogP contribution in [0.4, 0.5) is 0 Å². The van der Waals surface area contributed by atoms with E-state index < -0.39 is 10.0 Å². The minimum Gasteiger partial charge on any atom is -0.308 e. The Kier molecular flexibility index (Phi) is 5.48. The van der Waals surface area contributed by atoms with Crippen LogP contribution in [0.15, 0.2) is 16.3 Å². The molecule has 0 spiro atoms. The molecule has 20 heavy (non-hydrogen) atoms. The molecule has 1 saturated heterocycles. The van der Waals surface area contributed by atoms with Gasteiger partial charge in [0.15, 0.2) is 0 Å². The van der Waals surface area contributed by atoms with Crippen LogP contribution in [0.25, 0.3) is 0 Å². The molecule has 1 aromatic rings. The summed E-state index contributed by atoms with van der Waals surface area (Å²) in [6, 6.07) is 3.68. The average molecular weight is 337 g/mol. The first-order valence-corrected chi connectivity index (χ1v) is 9.55. The molecule has 0 amide bonds. The number of thiophene rings is 1. The van der Waals surface area contributed by atoms with Crippen molar-refractivity contribution in [1.82, 2.24) is 9.21 Å². The van der Waals surface area contributed by atoms with Crippen molar-refractivity contribution in [3.05, 3.63) is 17.0 Å². The highest BCUT2D eigenvalue weighted by molar-refractivity contribution is 7.91. The maximum atomic E-state index is 12.7. The third-order valence-electron chi connectivity index (χ3n) is 3.44. The summed E-state index contributed by atoms with van der Waals surface area (Å²) in [5, 5.41) is 0. The zero-order chi connectivity index (χ0) is 14.8. The highest BCUT2D eigenvalue weighted by atomic mass is 35.5. The lowest BCUT2D eigenvalue weighted by atomic mass is 10.2. The number of likely N-dealkylation sites (N-methyl/N-ethyl adjacent to an activating group) is 1. The SMILES string of the molecule is CN(C)CC1CCCN1S(=O)(=O)c1ccc(CCCl)s1. The van der Waals surface area contributed by atoms with E-state index in [-0.39, 0.29) is 6.04 Å². The van der Waals surface area contributed by atoms with E-state index in [0.29, 0.717) is 16.6 Å². The average Bonchev–Trinajstić information content (AvgIpc) is 2.98. The fourth-order valence-electron chi connectivity index (χ4n) is 2.57. The van der Waals surface area contributed by atoms with E-state index in [1.165, 1.54) is 11.3 Å². The van der Waals surface area contributed by atoms with Gasteiger partial charge in [-0.25, -0.2) is 8.42 Å². The molecule has 0 aromatic carbocycles. The molecule has 0 saturated carbocycles. The molecule has 0 bridgehead atoms. The largest absolute Gasteiger partial charge is 0.308 e. The van der Waals surface area contributed by atoms with Gasteiger partial charge in [0.25, 0.3) is 10.0 Å². The van der Waals surface area contributed by atoms with E-state index in [9.17, 15) is 8.42 Å². The van der Waals surface area contributed by atoms with Crippen molar-refractivity contribution in [2.75, 3.05) is 33.1 Å². The van der Waals surface area contributed by atoms with Gasteiger partial charge in [0.2, 0.25) is 0 Å². The Hall–Kier alpha value is -0.140. The number of halogens is 1. The van der Waals surface area contributed by atoms with Gasteiger partial charge in [-0.2, -0.15) is 4.31 Å². The molecule has 1 aromatic heterocycles. The standard InChI is InChI=1S/C13H21ClN2O2S2/c1-15(2)10-11-4-3-9-16(11)20(17,18)13-6-5-12(19-13)7-8-14/h5-6,11H,3-4,7-10H2,1-2H3. The van der Waals surface area contributed by atoms with Crippen molar-refractivity contribution in [1.29, 1.82) is 0 Å². The monoisotopic (exact) mass is 336 g/mol. The van der Waals surface area contributed by atoms with Gasteiger partial charge in [0.1, 0.15) is 4.21 Å². The fourth-order valence-corrected chi connectivity index (χ4v) is 6.05. The molecule has 114 valence electrons. The molecule has 2 rings (SSSR count). The molecule has 1 aliphatic heterocycles. The van der Waals surface area contributed by atoms with E-state index in [0.717, 1.165) is 30.7 Å². The van der Waals surface area contributed by atoms with Gasteiger partial charge in [-0.15, -0.1) is 22.9 Å². The Morgan fingerprint density at radius 1 is 1.45 bits per heavy atom. The van der Waals surface area contributed by atoms with E-state index in [4.69, 9.17) is 11.6 Å². The van der Waals surface area contributed by atoms with Gasteiger partial charge in [0, 0.05) is 29.9 Å². The van der Waals surface area contributed by atoms with Gasteiger partial charge in [-0.3, -0.25) is 0 Å². The number of sulfonamides is 1. The lowest BCUT2D eigenvalue weighted by molar-refractivity contribution is 0.291. The molecule has 7 heteroatoms. The summed E-state index contributed by atoms with van der Waals surface area (Å²) < 4.78 is 27.6. The number of alkyl halides is 1. The summed E-state index contributed by atoms with van der Waals surface area (Å²) in [5.41, 5.74) is 0. The molecule has 2 heterocycles. The van der Waals surface area contributed by atoms with Gasteiger partial charge >= 0.3 is 0 Å². The quantitative estimate of drug-likeness (QED) is 0.748. The van der Waals surface area contributed by atoms with Crippen LogP contribution in [0.3, 0.4) is 0 Å². The first kappa shape index (κ1) is 16.2. The molecule has 0 aliphatic carbocycles. The summed E-state index contributed by atoms with van der Waals surface area (Å²) in [7, 11) is 0.609. The van der Waals surface area contributed by atoms with E-state index in [2.05, 4.69) is 0 Å². The normalized spacial score (nSPS) is 20.9. The van der Waals surface area contributed by atoms with Crippen molar-refractivity contribution in [3.63, 3.8) is 0 Å². The van der Waals surface area contributed by atoms with E-state index in [1.807, 2.05) is 25.1 Å². The summed E-state index contributed by atoms with van der Waals surface area (Å²) in [5.74, 6) is 0.521. The second-order valence-corrected chi connectivity index (χ2v) is 9.00. The molecular weight excluding hydrogens is 316 g/mol. The van der Waals surface area contributed by atoms with Gasteiger partial charge in [-0.05, 0) is 45.5 Å². The van der Waals surface area contributed by atoms with Crippen molar-refractivity contribution in [2.45, 2.75) is 29.5 Å². The Morgan fingerprint density at radius 3 is 2.85 bits per heavy atom. The second kappa shape index (κ2) is 6.75. The van der Waals surface area contributed by atoms with Crippen molar-refractivity contribution >= 4 is 33.0 Å². The third kappa shape index (κ3) is 3.54. The second-order valence-electron chi connectivity index (χ2n) is 5.33. The summed E-state index contributed by atoms with van der Waals surface area (Å²) in [6.45, 7) is 1.41.